The lowest BCUT2D eigenvalue weighted by atomic mass is 10.2. The van der Waals surface area contributed by atoms with Crippen LogP contribution in [0.2, 0.25) is 0 Å². The SMILES string of the molecule is CCNC(=NCC(=O)Nc1ccc(F)c(F)c1F)Nc1ccc(OC)c(OCC)c1. The van der Waals surface area contributed by atoms with Crippen LogP contribution >= 0.6 is 0 Å². The van der Waals surface area contributed by atoms with Crippen LogP contribution < -0.4 is 25.4 Å². The number of guanidine groups is 1. The van der Waals surface area contributed by atoms with Gasteiger partial charge in [-0.05, 0) is 38.1 Å². The summed E-state index contributed by atoms with van der Waals surface area (Å²) in [4.78, 5) is 16.2. The number of methoxy groups -OCH3 is 1. The minimum Gasteiger partial charge on any atom is -0.493 e. The molecule has 10 heteroatoms. The van der Waals surface area contributed by atoms with Gasteiger partial charge in [0.2, 0.25) is 5.91 Å². The molecule has 0 heterocycles. The van der Waals surface area contributed by atoms with Crippen LogP contribution in [0.5, 0.6) is 11.5 Å². The van der Waals surface area contributed by atoms with Crippen LogP contribution in [-0.4, -0.2) is 38.7 Å². The molecule has 2 aromatic carbocycles. The third-order valence-corrected chi connectivity index (χ3v) is 3.76. The number of carbonyl (C=O) groups excluding carboxylic acids is 1. The van der Waals surface area contributed by atoms with E-state index in [1.807, 2.05) is 13.8 Å². The van der Waals surface area contributed by atoms with Crippen molar-refractivity contribution < 1.29 is 27.4 Å². The maximum absolute atomic E-state index is 13.7. The normalized spacial score (nSPS) is 11.1. The molecule has 0 aliphatic heterocycles. The predicted octanol–water partition coefficient (Wildman–Crippen LogP) is 3.53. The number of nitrogens with one attached hydrogen (secondary N) is 3. The molecule has 0 aliphatic carbocycles. The lowest BCUT2D eigenvalue weighted by molar-refractivity contribution is -0.114. The quantitative estimate of drug-likeness (QED) is 0.343. The molecular formula is C20H23F3N4O3. The number of rotatable bonds is 8. The largest absolute Gasteiger partial charge is 0.493 e. The van der Waals surface area contributed by atoms with Gasteiger partial charge in [-0.1, -0.05) is 0 Å². The van der Waals surface area contributed by atoms with Gasteiger partial charge in [-0.2, -0.15) is 0 Å². The summed E-state index contributed by atoms with van der Waals surface area (Å²) in [6, 6.07) is 6.83. The van der Waals surface area contributed by atoms with Gasteiger partial charge in [0.1, 0.15) is 6.54 Å². The smallest absolute Gasteiger partial charge is 0.246 e. The van der Waals surface area contributed by atoms with E-state index in [-0.39, 0.29) is 12.5 Å². The number of benzene rings is 2. The highest BCUT2D eigenvalue weighted by Gasteiger charge is 2.15. The van der Waals surface area contributed by atoms with Gasteiger partial charge in [0.25, 0.3) is 0 Å². The van der Waals surface area contributed by atoms with Gasteiger partial charge in [-0.15, -0.1) is 0 Å². The Labute approximate surface area is 172 Å². The molecule has 0 aromatic heterocycles. The molecule has 0 unspecified atom stereocenters. The summed E-state index contributed by atoms with van der Waals surface area (Å²) in [6.07, 6.45) is 0. The van der Waals surface area contributed by atoms with Crippen LogP contribution in [0.15, 0.2) is 35.3 Å². The van der Waals surface area contributed by atoms with Crippen molar-refractivity contribution in [2.75, 3.05) is 37.4 Å². The minimum atomic E-state index is -1.66. The van der Waals surface area contributed by atoms with Crippen molar-refractivity contribution in [1.29, 1.82) is 0 Å². The Balaban J connectivity index is 2.09. The summed E-state index contributed by atoms with van der Waals surface area (Å²) in [5.41, 5.74) is 0.162. The van der Waals surface area contributed by atoms with E-state index in [0.717, 1.165) is 12.1 Å². The van der Waals surface area contributed by atoms with Gasteiger partial charge < -0.3 is 25.4 Å². The van der Waals surface area contributed by atoms with E-state index in [1.165, 1.54) is 7.11 Å². The fraction of sp³-hybridized carbons (Fsp3) is 0.300. The monoisotopic (exact) mass is 424 g/mol. The molecule has 0 fully saturated rings. The first-order valence-electron chi connectivity index (χ1n) is 9.19. The summed E-state index contributed by atoms with van der Waals surface area (Å²) < 4.78 is 50.7. The molecule has 0 radical (unpaired) electrons. The standard InChI is InChI=1S/C20H23F3N4O3/c1-4-24-20(26-12-6-9-15(29-3)16(10-12)30-5-2)25-11-17(28)27-14-8-7-13(21)18(22)19(14)23/h6-10H,4-5,11H2,1-3H3,(H,27,28)(H2,24,25,26). The molecule has 2 rings (SSSR count). The van der Waals surface area contributed by atoms with E-state index in [4.69, 9.17) is 9.47 Å². The lowest BCUT2D eigenvalue weighted by Gasteiger charge is -2.14. The summed E-state index contributed by atoms with van der Waals surface area (Å²) >= 11 is 0. The van der Waals surface area contributed by atoms with Gasteiger partial charge in [-0.25, -0.2) is 18.2 Å². The second-order valence-corrected chi connectivity index (χ2v) is 5.89. The third-order valence-electron chi connectivity index (χ3n) is 3.76. The van der Waals surface area contributed by atoms with Gasteiger partial charge in [-0.3, -0.25) is 4.79 Å². The average Bonchev–Trinajstić information content (AvgIpc) is 2.73. The van der Waals surface area contributed by atoms with E-state index >= 15 is 0 Å². The number of hydrogen-bond acceptors (Lipinski definition) is 4. The van der Waals surface area contributed by atoms with E-state index in [1.54, 1.807) is 18.2 Å². The van der Waals surface area contributed by atoms with E-state index in [2.05, 4.69) is 20.9 Å². The maximum Gasteiger partial charge on any atom is 0.246 e. The first-order chi connectivity index (χ1) is 14.4. The molecule has 0 bridgehead atoms. The summed E-state index contributed by atoms with van der Waals surface area (Å²) in [5.74, 6) is -3.79. The lowest BCUT2D eigenvalue weighted by Crippen LogP contribution is -2.32. The van der Waals surface area contributed by atoms with E-state index in [9.17, 15) is 18.0 Å². The molecule has 0 saturated carbocycles. The van der Waals surface area contributed by atoms with E-state index in [0.29, 0.717) is 30.3 Å². The van der Waals surface area contributed by atoms with Crippen molar-refractivity contribution in [2.24, 2.45) is 4.99 Å². The number of halogens is 3. The Morgan fingerprint density at radius 2 is 1.80 bits per heavy atom. The maximum atomic E-state index is 13.7. The number of aliphatic imine (C=N–C) groups is 1. The molecule has 0 saturated heterocycles. The molecule has 0 spiro atoms. The van der Waals surface area contributed by atoms with Crippen molar-refractivity contribution in [3.8, 4) is 11.5 Å². The van der Waals surface area contributed by atoms with Gasteiger partial charge in [0.15, 0.2) is 34.9 Å². The highest BCUT2D eigenvalue weighted by molar-refractivity contribution is 5.98. The fourth-order valence-electron chi connectivity index (χ4n) is 2.43. The van der Waals surface area contributed by atoms with Crippen LogP contribution in [0.1, 0.15) is 13.8 Å². The molecule has 162 valence electrons. The summed E-state index contributed by atoms with van der Waals surface area (Å²) in [5, 5.41) is 8.14. The molecular weight excluding hydrogens is 401 g/mol. The average molecular weight is 424 g/mol. The molecule has 2 aromatic rings. The zero-order valence-corrected chi connectivity index (χ0v) is 16.8. The molecule has 0 atom stereocenters. The first kappa shape index (κ1) is 22.9. The van der Waals surface area contributed by atoms with Crippen molar-refractivity contribution >= 4 is 23.2 Å². The van der Waals surface area contributed by atoms with Gasteiger partial charge in [0.05, 0.1) is 19.4 Å². The van der Waals surface area contributed by atoms with Crippen LogP contribution in [0.25, 0.3) is 0 Å². The molecule has 3 N–H and O–H groups in total. The predicted molar refractivity (Wildman–Crippen MR) is 109 cm³/mol. The van der Waals surface area contributed by atoms with Crippen LogP contribution in [0.4, 0.5) is 24.5 Å². The van der Waals surface area contributed by atoms with Gasteiger partial charge in [0, 0.05) is 18.3 Å². The number of nitrogens with zero attached hydrogens (tertiary/aromatic N) is 1. The van der Waals surface area contributed by atoms with Crippen LogP contribution in [0, 0.1) is 17.5 Å². The van der Waals surface area contributed by atoms with Crippen LogP contribution in [-0.2, 0) is 4.79 Å². The second-order valence-electron chi connectivity index (χ2n) is 5.89. The Morgan fingerprint density at radius 1 is 1.03 bits per heavy atom. The third kappa shape index (κ3) is 6.03. The fourth-order valence-corrected chi connectivity index (χ4v) is 2.43. The zero-order valence-electron chi connectivity index (χ0n) is 16.8. The van der Waals surface area contributed by atoms with E-state index < -0.39 is 29.0 Å². The van der Waals surface area contributed by atoms with Crippen molar-refractivity contribution in [2.45, 2.75) is 13.8 Å². The molecule has 1 amide bonds. The van der Waals surface area contributed by atoms with Crippen molar-refractivity contribution in [3.05, 3.63) is 47.8 Å². The number of anilines is 2. The van der Waals surface area contributed by atoms with Gasteiger partial charge >= 0.3 is 0 Å². The number of ether oxygens (including phenoxy) is 2. The topological polar surface area (TPSA) is 84.0 Å². The van der Waals surface area contributed by atoms with Crippen molar-refractivity contribution in [3.63, 3.8) is 0 Å². The Hall–Kier alpha value is -3.43. The second kappa shape index (κ2) is 10.9. The Kier molecular flexibility index (Phi) is 8.33. The first-order valence-corrected chi connectivity index (χ1v) is 9.19. The number of carbonyl (C=O) groups is 1. The number of amides is 1. The van der Waals surface area contributed by atoms with Crippen LogP contribution in [0.3, 0.4) is 0 Å². The molecule has 30 heavy (non-hydrogen) atoms. The van der Waals surface area contributed by atoms with Crippen molar-refractivity contribution in [1.82, 2.24) is 5.32 Å². The Bertz CT molecular complexity index is 922. The number of hydrogen-bond donors (Lipinski definition) is 3. The zero-order chi connectivity index (χ0) is 22.1. The minimum absolute atomic E-state index is 0.283. The Morgan fingerprint density at radius 3 is 2.47 bits per heavy atom. The summed E-state index contributed by atoms with van der Waals surface area (Å²) in [6.45, 7) is 4.27. The highest BCUT2D eigenvalue weighted by Crippen LogP contribution is 2.30. The summed E-state index contributed by atoms with van der Waals surface area (Å²) in [7, 11) is 1.53. The molecule has 7 nitrogen and oxygen atoms in total. The highest BCUT2D eigenvalue weighted by atomic mass is 19.2. The molecule has 0 aliphatic rings.